The molecular weight excluding hydrogens is 162 g/mol. The molecule has 1 aromatic carbocycles. The van der Waals surface area contributed by atoms with E-state index in [0.29, 0.717) is 5.56 Å². The third-order valence-corrected chi connectivity index (χ3v) is 1.86. The molecule has 0 fully saturated rings. The van der Waals surface area contributed by atoms with E-state index in [0.717, 1.165) is 12.2 Å². The largest absolute Gasteiger partial charge is 0.385 e. The summed E-state index contributed by atoms with van der Waals surface area (Å²) in [6.45, 7) is 3.15. The molecule has 1 N–H and O–H groups in total. The van der Waals surface area contributed by atoms with E-state index in [9.17, 15) is 4.79 Å². The fourth-order valence-corrected chi connectivity index (χ4v) is 1.07. The molecule has 0 saturated carbocycles. The first-order chi connectivity index (χ1) is 6.36. The van der Waals surface area contributed by atoms with Crippen LogP contribution in [0.4, 0.5) is 5.69 Å². The molecule has 2 nitrogen and oxygen atoms in total. The van der Waals surface area contributed by atoms with Crippen LogP contribution in [-0.4, -0.2) is 12.8 Å². The van der Waals surface area contributed by atoms with E-state index in [1.165, 1.54) is 12.8 Å². The molecule has 0 saturated heterocycles. The van der Waals surface area contributed by atoms with Gasteiger partial charge >= 0.3 is 0 Å². The molecular formula is C11H14NO. The van der Waals surface area contributed by atoms with Gasteiger partial charge < -0.3 is 5.32 Å². The minimum atomic E-state index is 0.598. The molecule has 0 aromatic heterocycles. The number of hydrogen-bond acceptors (Lipinski definition) is 2. The summed E-state index contributed by atoms with van der Waals surface area (Å²) in [6.07, 6.45) is 4.20. The minimum absolute atomic E-state index is 0.598. The Morgan fingerprint density at radius 2 is 2.00 bits per heavy atom. The second-order valence-corrected chi connectivity index (χ2v) is 2.96. The van der Waals surface area contributed by atoms with Crippen molar-refractivity contribution in [3.05, 3.63) is 29.8 Å². The van der Waals surface area contributed by atoms with E-state index in [1.54, 1.807) is 12.1 Å². The quantitative estimate of drug-likeness (QED) is 0.698. The predicted octanol–water partition coefficient (Wildman–Crippen LogP) is 2.36. The van der Waals surface area contributed by atoms with Crippen LogP contribution in [0.25, 0.3) is 0 Å². The fourth-order valence-electron chi connectivity index (χ4n) is 1.07. The van der Waals surface area contributed by atoms with Gasteiger partial charge in [0.1, 0.15) is 0 Å². The third kappa shape index (κ3) is 3.28. The van der Waals surface area contributed by atoms with Crippen LogP contribution in [0, 0.1) is 0 Å². The van der Waals surface area contributed by atoms with Crippen LogP contribution in [0.2, 0.25) is 0 Å². The summed E-state index contributed by atoms with van der Waals surface area (Å²) in [5.74, 6) is 0. The zero-order valence-corrected chi connectivity index (χ0v) is 7.84. The van der Waals surface area contributed by atoms with Crippen molar-refractivity contribution < 1.29 is 4.79 Å². The zero-order valence-electron chi connectivity index (χ0n) is 7.84. The second-order valence-electron chi connectivity index (χ2n) is 2.96. The highest BCUT2D eigenvalue weighted by molar-refractivity contribution is 5.76. The Balaban J connectivity index is 2.44. The van der Waals surface area contributed by atoms with Crippen molar-refractivity contribution in [1.82, 2.24) is 0 Å². The van der Waals surface area contributed by atoms with Crippen molar-refractivity contribution in [2.45, 2.75) is 19.8 Å². The van der Waals surface area contributed by atoms with Crippen LogP contribution >= 0.6 is 0 Å². The topological polar surface area (TPSA) is 29.1 Å². The van der Waals surface area contributed by atoms with Crippen LogP contribution < -0.4 is 5.32 Å². The number of hydrogen-bond donors (Lipinski definition) is 1. The van der Waals surface area contributed by atoms with E-state index in [1.807, 2.05) is 18.4 Å². The number of nitrogens with one attached hydrogen (secondary N) is 1. The summed E-state index contributed by atoms with van der Waals surface area (Å²) < 4.78 is 0. The maximum absolute atomic E-state index is 10.2. The average Bonchev–Trinajstić information content (AvgIpc) is 2.19. The average molecular weight is 176 g/mol. The van der Waals surface area contributed by atoms with E-state index in [2.05, 4.69) is 12.2 Å². The van der Waals surface area contributed by atoms with Gasteiger partial charge in [-0.3, -0.25) is 4.79 Å². The monoisotopic (exact) mass is 176 g/mol. The highest BCUT2D eigenvalue weighted by atomic mass is 16.1. The normalized spacial score (nSPS) is 9.62. The number of rotatable bonds is 5. The lowest BCUT2D eigenvalue weighted by atomic mass is 10.2. The molecule has 0 bridgehead atoms. The highest BCUT2D eigenvalue weighted by Gasteiger charge is 1.92. The molecule has 0 aliphatic heterocycles. The first kappa shape index (κ1) is 9.78. The Bertz CT molecular complexity index is 253. The number of anilines is 1. The lowest BCUT2D eigenvalue weighted by Crippen LogP contribution is -2.00. The summed E-state index contributed by atoms with van der Waals surface area (Å²) in [6, 6.07) is 7.33. The van der Waals surface area contributed by atoms with Crippen LogP contribution in [0.1, 0.15) is 25.3 Å². The SMILES string of the molecule is CCCCNc1ccc([C]=O)cc1. The minimum Gasteiger partial charge on any atom is -0.385 e. The van der Waals surface area contributed by atoms with Gasteiger partial charge in [-0.25, -0.2) is 0 Å². The van der Waals surface area contributed by atoms with Crippen molar-refractivity contribution in [3.8, 4) is 0 Å². The van der Waals surface area contributed by atoms with Gasteiger partial charge in [-0.1, -0.05) is 13.3 Å². The van der Waals surface area contributed by atoms with Crippen molar-refractivity contribution in [2.75, 3.05) is 11.9 Å². The number of benzene rings is 1. The molecule has 0 amide bonds. The van der Waals surface area contributed by atoms with Gasteiger partial charge in [0.25, 0.3) is 0 Å². The Hall–Kier alpha value is -1.31. The first-order valence-electron chi connectivity index (χ1n) is 4.59. The van der Waals surface area contributed by atoms with E-state index in [4.69, 9.17) is 0 Å². The molecule has 1 rings (SSSR count). The van der Waals surface area contributed by atoms with Gasteiger partial charge in [0.05, 0.1) is 0 Å². The summed E-state index contributed by atoms with van der Waals surface area (Å²) in [4.78, 5) is 10.2. The van der Waals surface area contributed by atoms with Crippen molar-refractivity contribution >= 4 is 12.0 Å². The number of carbonyl (C=O) groups excluding carboxylic acids is 1. The Kier molecular flexibility index (Phi) is 4.03. The molecule has 1 aromatic rings. The van der Waals surface area contributed by atoms with Crippen molar-refractivity contribution in [2.24, 2.45) is 0 Å². The second kappa shape index (κ2) is 5.36. The Labute approximate surface area is 79.0 Å². The van der Waals surface area contributed by atoms with Crippen LogP contribution in [0.15, 0.2) is 24.3 Å². The van der Waals surface area contributed by atoms with E-state index >= 15 is 0 Å². The fraction of sp³-hybridized carbons (Fsp3) is 0.364. The van der Waals surface area contributed by atoms with E-state index in [-0.39, 0.29) is 0 Å². The van der Waals surface area contributed by atoms with Crippen molar-refractivity contribution in [1.29, 1.82) is 0 Å². The summed E-state index contributed by atoms with van der Waals surface area (Å²) >= 11 is 0. The van der Waals surface area contributed by atoms with Gasteiger partial charge in [-0.15, -0.1) is 0 Å². The zero-order chi connectivity index (χ0) is 9.52. The van der Waals surface area contributed by atoms with Gasteiger partial charge in [-0.2, -0.15) is 0 Å². The van der Waals surface area contributed by atoms with Crippen LogP contribution in [-0.2, 0) is 4.79 Å². The third-order valence-electron chi connectivity index (χ3n) is 1.86. The molecule has 0 unspecified atom stereocenters. The molecule has 69 valence electrons. The Morgan fingerprint density at radius 1 is 1.31 bits per heavy atom. The lowest BCUT2D eigenvalue weighted by Gasteiger charge is -2.04. The van der Waals surface area contributed by atoms with E-state index < -0.39 is 0 Å². The standard InChI is InChI=1S/C11H14NO/c1-2-3-8-12-11-6-4-10(9-13)5-7-11/h4-7,12H,2-3,8H2,1H3. The molecule has 0 heterocycles. The van der Waals surface area contributed by atoms with Gasteiger partial charge in [0, 0.05) is 17.8 Å². The molecule has 2 heteroatoms. The van der Waals surface area contributed by atoms with Gasteiger partial charge in [-0.05, 0) is 30.7 Å². The maximum atomic E-state index is 10.2. The van der Waals surface area contributed by atoms with Gasteiger partial charge in [0.2, 0.25) is 6.29 Å². The van der Waals surface area contributed by atoms with Gasteiger partial charge in [0.15, 0.2) is 0 Å². The van der Waals surface area contributed by atoms with Crippen LogP contribution in [0.3, 0.4) is 0 Å². The predicted molar refractivity (Wildman–Crippen MR) is 54.6 cm³/mol. The molecule has 1 radical (unpaired) electrons. The molecule has 0 atom stereocenters. The smallest absolute Gasteiger partial charge is 0.233 e. The number of unbranched alkanes of at least 4 members (excludes halogenated alkanes) is 1. The highest BCUT2D eigenvalue weighted by Crippen LogP contribution is 2.07. The first-order valence-corrected chi connectivity index (χ1v) is 4.59. The maximum Gasteiger partial charge on any atom is 0.233 e. The Morgan fingerprint density at radius 3 is 2.54 bits per heavy atom. The summed E-state index contributed by atoms with van der Waals surface area (Å²) in [5, 5.41) is 3.27. The summed E-state index contributed by atoms with van der Waals surface area (Å²) in [7, 11) is 0. The molecule has 0 aliphatic carbocycles. The van der Waals surface area contributed by atoms with Crippen LogP contribution in [0.5, 0.6) is 0 Å². The molecule has 0 aliphatic rings. The lowest BCUT2D eigenvalue weighted by molar-refractivity contribution is 0.563. The summed E-state index contributed by atoms with van der Waals surface area (Å²) in [5.41, 5.74) is 1.66. The van der Waals surface area contributed by atoms with Crippen molar-refractivity contribution in [3.63, 3.8) is 0 Å². The molecule has 13 heavy (non-hydrogen) atoms. The molecule has 0 spiro atoms.